The Bertz CT molecular complexity index is 1080. The van der Waals surface area contributed by atoms with Gasteiger partial charge < -0.3 is 15.5 Å². The molecule has 2 aromatic rings. The third-order valence-electron chi connectivity index (χ3n) is 7.75. The lowest BCUT2D eigenvalue weighted by Gasteiger charge is -2.39. The zero-order chi connectivity index (χ0) is 25.0. The van der Waals surface area contributed by atoms with Crippen LogP contribution in [0, 0.1) is 19.3 Å². The number of anilines is 3. The van der Waals surface area contributed by atoms with E-state index in [1.807, 2.05) is 13.0 Å². The van der Waals surface area contributed by atoms with E-state index in [2.05, 4.69) is 65.1 Å². The van der Waals surface area contributed by atoms with Crippen LogP contribution >= 0.6 is 0 Å². The first-order valence-corrected chi connectivity index (χ1v) is 13.4. The molecule has 0 radical (unpaired) electrons. The van der Waals surface area contributed by atoms with Gasteiger partial charge in [0.25, 0.3) is 0 Å². The number of rotatable bonds is 10. The van der Waals surface area contributed by atoms with Crippen molar-refractivity contribution in [3.8, 4) is 12.3 Å². The molecule has 1 aromatic carbocycles. The van der Waals surface area contributed by atoms with Crippen LogP contribution in [-0.2, 0) is 6.54 Å². The molecule has 3 aliphatic heterocycles. The van der Waals surface area contributed by atoms with Gasteiger partial charge in [-0.25, -0.2) is 4.98 Å². The molecule has 0 saturated carbocycles. The molecule has 190 valence electrons. The van der Waals surface area contributed by atoms with Crippen molar-refractivity contribution in [3.63, 3.8) is 0 Å². The van der Waals surface area contributed by atoms with E-state index in [-0.39, 0.29) is 5.66 Å². The molecular formula is C28H38N8. The minimum atomic E-state index is -0.254. The van der Waals surface area contributed by atoms with Gasteiger partial charge in [-0.2, -0.15) is 15.2 Å². The largest absolute Gasteiger partial charge is 0.384 e. The minimum Gasteiger partial charge on any atom is -0.384 e. The second kappa shape index (κ2) is 10.8. The topological polar surface area (TPSA) is 86.2 Å². The van der Waals surface area contributed by atoms with Crippen molar-refractivity contribution < 1.29 is 0 Å². The number of hydrogen-bond acceptors (Lipinski definition) is 8. The smallest absolute Gasteiger partial charge is 0.227 e. The summed E-state index contributed by atoms with van der Waals surface area (Å²) in [5.74, 6) is 4.04. The van der Waals surface area contributed by atoms with Crippen LogP contribution in [0.25, 0.3) is 0 Å². The maximum absolute atomic E-state index is 5.99. The molecule has 0 spiro atoms. The molecule has 0 amide bonds. The number of hydrogen-bond donors (Lipinski definition) is 1. The second-order valence-electron chi connectivity index (χ2n) is 10.4. The SMILES string of the molecule is C#CCCC1(CCN(Cc2cccc(N3CCCC3)c2)C2CCN(c3nc(C)cc(N)n3)CC2)N=N1. The maximum atomic E-state index is 5.99. The summed E-state index contributed by atoms with van der Waals surface area (Å²) >= 11 is 0. The molecule has 2 fully saturated rings. The van der Waals surface area contributed by atoms with Gasteiger partial charge in [0.2, 0.25) is 5.95 Å². The highest BCUT2D eigenvalue weighted by atomic mass is 15.4. The predicted octanol–water partition coefficient (Wildman–Crippen LogP) is 4.40. The molecule has 2 saturated heterocycles. The first-order chi connectivity index (χ1) is 17.5. The third-order valence-corrected chi connectivity index (χ3v) is 7.75. The molecule has 5 rings (SSSR count). The minimum absolute atomic E-state index is 0.254. The van der Waals surface area contributed by atoms with Crippen molar-refractivity contribution in [1.82, 2.24) is 14.9 Å². The predicted molar refractivity (Wildman–Crippen MR) is 145 cm³/mol. The Morgan fingerprint density at radius 1 is 1.06 bits per heavy atom. The van der Waals surface area contributed by atoms with Crippen molar-refractivity contribution in [2.24, 2.45) is 10.2 Å². The number of nitrogens with two attached hydrogens (primary N) is 1. The van der Waals surface area contributed by atoms with Crippen LogP contribution in [0.5, 0.6) is 0 Å². The van der Waals surface area contributed by atoms with Gasteiger partial charge in [0.15, 0.2) is 5.66 Å². The third kappa shape index (κ3) is 5.96. The molecule has 0 atom stereocenters. The lowest BCUT2D eigenvalue weighted by molar-refractivity contribution is 0.151. The van der Waals surface area contributed by atoms with E-state index in [1.165, 1.54) is 24.1 Å². The van der Waals surface area contributed by atoms with Crippen LogP contribution in [0.15, 0.2) is 40.6 Å². The molecule has 0 bridgehead atoms. The van der Waals surface area contributed by atoms with Crippen LogP contribution < -0.4 is 15.5 Å². The standard InChI is InChI=1S/C28H38N8/c1-3-4-12-28(32-33-28)13-18-36(21-23-8-7-9-25(20-23)34-14-5-6-15-34)24-10-16-35(17-11-24)27-30-22(2)19-26(29)31-27/h1,7-9,19-20,24H,4-6,10-18,21H2,2H3,(H2,29,30,31). The Morgan fingerprint density at radius 2 is 1.83 bits per heavy atom. The van der Waals surface area contributed by atoms with Crippen molar-refractivity contribution in [2.45, 2.75) is 70.1 Å². The summed E-state index contributed by atoms with van der Waals surface area (Å²) in [6.45, 7) is 8.05. The fourth-order valence-electron chi connectivity index (χ4n) is 5.59. The summed E-state index contributed by atoms with van der Waals surface area (Å²) in [6.07, 6.45) is 12.7. The number of nitrogen functional groups attached to an aromatic ring is 1. The Balaban J connectivity index is 1.27. The number of aryl methyl sites for hydroxylation is 1. The van der Waals surface area contributed by atoms with Crippen LogP contribution in [0.2, 0.25) is 0 Å². The molecular weight excluding hydrogens is 448 g/mol. The Labute approximate surface area is 215 Å². The first kappa shape index (κ1) is 24.5. The van der Waals surface area contributed by atoms with Crippen LogP contribution in [0.4, 0.5) is 17.5 Å². The fourth-order valence-corrected chi connectivity index (χ4v) is 5.59. The molecule has 0 unspecified atom stereocenters. The quantitative estimate of drug-likeness (QED) is 0.501. The van der Waals surface area contributed by atoms with E-state index in [9.17, 15) is 0 Å². The summed E-state index contributed by atoms with van der Waals surface area (Å²) in [5, 5.41) is 8.78. The Morgan fingerprint density at radius 3 is 2.53 bits per heavy atom. The van der Waals surface area contributed by atoms with Gasteiger partial charge in [0, 0.05) is 82.0 Å². The van der Waals surface area contributed by atoms with Crippen LogP contribution in [0.1, 0.15) is 56.2 Å². The molecule has 1 aromatic heterocycles. The lowest BCUT2D eigenvalue weighted by Crippen LogP contribution is -2.46. The highest BCUT2D eigenvalue weighted by Crippen LogP contribution is 2.37. The van der Waals surface area contributed by atoms with Gasteiger partial charge in [-0.1, -0.05) is 12.1 Å². The summed E-state index contributed by atoms with van der Waals surface area (Å²) in [6, 6.07) is 11.4. The zero-order valence-electron chi connectivity index (χ0n) is 21.4. The average molecular weight is 487 g/mol. The monoisotopic (exact) mass is 486 g/mol. The molecule has 2 N–H and O–H groups in total. The Kier molecular flexibility index (Phi) is 7.38. The van der Waals surface area contributed by atoms with E-state index < -0.39 is 0 Å². The highest BCUT2D eigenvalue weighted by Gasteiger charge is 2.40. The van der Waals surface area contributed by atoms with E-state index in [1.54, 1.807) is 0 Å². The van der Waals surface area contributed by atoms with Gasteiger partial charge in [0.1, 0.15) is 5.82 Å². The van der Waals surface area contributed by atoms with Crippen LogP contribution in [-0.4, -0.2) is 59.3 Å². The second-order valence-corrected chi connectivity index (χ2v) is 10.4. The molecule has 4 heterocycles. The summed E-state index contributed by atoms with van der Waals surface area (Å²) < 4.78 is 0. The Hall–Kier alpha value is -3.18. The normalized spacial score (nSPS) is 19.1. The summed E-state index contributed by atoms with van der Waals surface area (Å²) in [5.41, 5.74) is 9.37. The number of piperidine rings is 1. The number of benzene rings is 1. The van der Waals surface area contributed by atoms with E-state index in [4.69, 9.17) is 12.2 Å². The molecule has 36 heavy (non-hydrogen) atoms. The van der Waals surface area contributed by atoms with Crippen molar-refractivity contribution in [2.75, 3.05) is 48.3 Å². The van der Waals surface area contributed by atoms with Crippen molar-refractivity contribution in [3.05, 3.63) is 41.6 Å². The van der Waals surface area contributed by atoms with Gasteiger partial charge >= 0.3 is 0 Å². The van der Waals surface area contributed by atoms with Gasteiger partial charge in [-0.05, 0) is 50.3 Å². The fraction of sp³-hybridized carbons (Fsp3) is 0.571. The summed E-state index contributed by atoms with van der Waals surface area (Å²) in [7, 11) is 0. The molecule has 8 heteroatoms. The van der Waals surface area contributed by atoms with Crippen molar-refractivity contribution in [1.29, 1.82) is 0 Å². The first-order valence-electron chi connectivity index (χ1n) is 13.4. The van der Waals surface area contributed by atoms with E-state index >= 15 is 0 Å². The maximum Gasteiger partial charge on any atom is 0.227 e. The van der Waals surface area contributed by atoms with E-state index in [0.29, 0.717) is 11.9 Å². The number of nitrogens with zero attached hydrogens (tertiary/aromatic N) is 7. The number of aromatic nitrogens is 2. The van der Waals surface area contributed by atoms with Gasteiger partial charge in [-0.15, -0.1) is 12.3 Å². The zero-order valence-corrected chi connectivity index (χ0v) is 21.4. The van der Waals surface area contributed by atoms with Gasteiger partial charge in [0.05, 0.1) is 0 Å². The lowest BCUT2D eigenvalue weighted by atomic mass is 9.99. The summed E-state index contributed by atoms with van der Waals surface area (Å²) in [4.78, 5) is 16.5. The van der Waals surface area contributed by atoms with E-state index in [0.717, 1.165) is 83.0 Å². The molecule has 8 nitrogen and oxygen atoms in total. The molecule has 3 aliphatic rings. The average Bonchev–Trinajstić information content (AvgIpc) is 3.43. The van der Waals surface area contributed by atoms with Crippen molar-refractivity contribution >= 4 is 17.5 Å². The van der Waals surface area contributed by atoms with Gasteiger partial charge in [-0.3, -0.25) is 4.90 Å². The molecule has 0 aliphatic carbocycles. The number of terminal acetylenes is 1. The highest BCUT2D eigenvalue weighted by molar-refractivity contribution is 5.49. The van der Waals surface area contributed by atoms with Crippen LogP contribution in [0.3, 0.4) is 0 Å².